The van der Waals surface area contributed by atoms with Gasteiger partial charge >= 0.3 is 0 Å². The van der Waals surface area contributed by atoms with Gasteiger partial charge in [0.05, 0.1) is 6.10 Å². The molecule has 2 fully saturated rings. The average Bonchev–Trinajstić information content (AvgIpc) is 2.68. The van der Waals surface area contributed by atoms with Crippen molar-refractivity contribution in [2.75, 3.05) is 13.1 Å². The summed E-state index contributed by atoms with van der Waals surface area (Å²) in [4.78, 5) is 11.9. The summed E-state index contributed by atoms with van der Waals surface area (Å²) in [5, 5.41) is 6.46. The number of carbonyl (C=O) groups excluding carboxylic acids is 1. The Balaban J connectivity index is 1.82. The van der Waals surface area contributed by atoms with Gasteiger partial charge in [-0.25, -0.2) is 0 Å². The molecule has 0 aromatic rings. The number of carbonyl (C=O) groups is 1. The first-order valence-corrected chi connectivity index (χ1v) is 6.33. The van der Waals surface area contributed by atoms with E-state index in [0.717, 1.165) is 32.4 Å². The van der Waals surface area contributed by atoms with Crippen LogP contribution in [0.5, 0.6) is 0 Å². The van der Waals surface area contributed by atoms with Gasteiger partial charge in [0.25, 0.3) is 0 Å². The zero-order valence-electron chi connectivity index (χ0n) is 10.2. The van der Waals surface area contributed by atoms with Gasteiger partial charge in [-0.3, -0.25) is 4.79 Å². The minimum absolute atomic E-state index is 0.0862. The SMILES string of the molecule is CC1CCC(C(=O)NC2CCNCC2C)O1. The van der Waals surface area contributed by atoms with Crippen LogP contribution < -0.4 is 10.6 Å². The van der Waals surface area contributed by atoms with Crippen molar-refractivity contribution < 1.29 is 9.53 Å². The maximum atomic E-state index is 11.9. The molecular formula is C12H22N2O2. The van der Waals surface area contributed by atoms with E-state index in [1.807, 2.05) is 6.92 Å². The van der Waals surface area contributed by atoms with E-state index in [2.05, 4.69) is 17.6 Å². The number of rotatable bonds is 2. The first kappa shape index (κ1) is 11.9. The summed E-state index contributed by atoms with van der Waals surface area (Å²) in [6.07, 6.45) is 2.92. The molecule has 4 heteroatoms. The summed E-state index contributed by atoms with van der Waals surface area (Å²) in [6, 6.07) is 0.313. The van der Waals surface area contributed by atoms with Crippen LogP contribution in [0.1, 0.15) is 33.1 Å². The Morgan fingerprint density at radius 2 is 2.12 bits per heavy atom. The van der Waals surface area contributed by atoms with Crippen LogP contribution in [0.3, 0.4) is 0 Å². The summed E-state index contributed by atoms with van der Waals surface area (Å²) in [5.41, 5.74) is 0. The number of nitrogens with one attached hydrogen (secondary N) is 2. The molecule has 0 aliphatic carbocycles. The Hall–Kier alpha value is -0.610. The number of ether oxygens (including phenoxy) is 1. The molecule has 0 aromatic heterocycles. The highest BCUT2D eigenvalue weighted by atomic mass is 16.5. The van der Waals surface area contributed by atoms with Gasteiger partial charge in [0.1, 0.15) is 6.10 Å². The van der Waals surface area contributed by atoms with Crippen LogP contribution in [-0.2, 0) is 9.53 Å². The normalized spacial score (nSPS) is 39.6. The van der Waals surface area contributed by atoms with Crippen molar-refractivity contribution in [1.29, 1.82) is 0 Å². The quantitative estimate of drug-likeness (QED) is 0.727. The molecule has 0 saturated carbocycles. The van der Waals surface area contributed by atoms with E-state index >= 15 is 0 Å². The lowest BCUT2D eigenvalue weighted by atomic mass is 9.95. The van der Waals surface area contributed by atoms with Gasteiger partial charge in [-0.2, -0.15) is 0 Å². The average molecular weight is 226 g/mol. The van der Waals surface area contributed by atoms with E-state index in [4.69, 9.17) is 4.74 Å². The third kappa shape index (κ3) is 2.74. The van der Waals surface area contributed by atoms with Crippen LogP contribution in [0.15, 0.2) is 0 Å². The Morgan fingerprint density at radius 3 is 2.75 bits per heavy atom. The minimum Gasteiger partial charge on any atom is -0.365 e. The van der Waals surface area contributed by atoms with Crippen molar-refractivity contribution in [3.05, 3.63) is 0 Å². The molecular weight excluding hydrogens is 204 g/mol. The molecule has 0 bridgehead atoms. The summed E-state index contributed by atoms with van der Waals surface area (Å²) >= 11 is 0. The molecule has 0 aromatic carbocycles. The van der Waals surface area contributed by atoms with Crippen molar-refractivity contribution in [3.63, 3.8) is 0 Å². The highest BCUT2D eigenvalue weighted by molar-refractivity contribution is 5.81. The predicted molar refractivity (Wildman–Crippen MR) is 62.2 cm³/mol. The zero-order chi connectivity index (χ0) is 11.5. The lowest BCUT2D eigenvalue weighted by Gasteiger charge is -2.31. The number of piperidine rings is 1. The van der Waals surface area contributed by atoms with E-state index in [1.54, 1.807) is 0 Å². The van der Waals surface area contributed by atoms with Crippen molar-refractivity contribution in [2.45, 2.75) is 51.4 Å². The molecule has 4 nitrogen and oxygen atoms in total. The van der Waals surface area contributed by atoms with Gasteiger partial charge in [0.2, 0.25) is 5.91 Å². The summed E-state index contributed by atoms with van der Waals surface area (Å²) < 4.78 is 5.57. The fourth-order valence-electron chi connectivity index (χ4n) is 2.50. The molecule has 0 spiro atoms. The minimum atomic E-state index is -0.211. The second kappa shape index (κ2) is 5.15. The van der Waals surface area contributed by atoms with Gasteiger partial charge in [-0.15, -0.1) is 0 Å². The van der Waals surface area contributed by atoms with Crippen LogP contribution in [0.2, 0.25) is 0 Å². The summed E-state index contributed by atoms with van der Waals surface area (Å²) in [7, 11) is 0. The van der Waals surface area contributed by atoms with E-state index in [-0.39, 0.29) is 18.1 Å². The number of hydrogen-bond donors (Lipinski definition) is 2. The Labute approximate surface area is 97.1 Å². The topological polar surface area (TPSA) is 50.4 Å². The molecule has 2 rings (SSSR count). The fourth-order valence-corrected chi connectivity index (χ4v) is 2.50. The summed E-state index contributed by atoms with van der Waals surface area (Å²) in [5.74, 6) is 0.597. The third-order valence-corrected chi connectivity index (χ3v) is 3.64. The maximum absolute atomic E-state index is 11.9. The van der Waals surface area contributed by atoms with Gasteiger partial charge in [0.15, 0.2) is 0 Å². The molecule has 2 aliphatic heterocycles. The van der Waals surface area contributed by atoms with Gasteiger partial charge in [-0.1, -0.05) is 6.92 Å². The third-order valence-electron chi connectivity index (χ3n) is 3.64. The van der Waals surface area contributed by atoms with Crippen molar-refractivity contribution in [2.24, 2.45) is 5.92 Å². The predicted octanol–water partition coefficient (Wildman–Crippen LogP) is 0.668. The van der Waals surface area contributed by atoms with Crippen LogP contribution in [-0.4, -0.2) is 37.2 Å². The van der Waals surface area contributed by atoms with E-state index < -0.39 is 0 Å². The molecule has 4 unspecified atom stereocenters. The van der Waals surface area contributed by atoms with E-state index in [9.17, 15) is 4.79 Å². The molecule has 4 atom stereocenters. The molecule has 2 heterocycles. The smallest absolute Gasteiger partial charge is 0.249 e. The highest BCUT2D eigenvalue weighted by Crippen LogP contribution is 2.20. The van der Waals surface area contributed by atoms with Crippen molar-refractivity contribution in [3.8, 4) is 0 Å². The van der Waals surface area contributed by atoms with Gasteiger partial charge in [0, 0.05) is 6.04 Å². The molecule has 16 heavy (non-hydrogen) atoms. The molecule has 2 N–H and O–H groups in total. The molecule has 1 amide bonds. The van der Waals surface area contributed by atoms with E-state index in [1.165, 1.54) is 0 Å². The molecule has 0 radical (unpaired) electrons. The Morgan fingerprint density at radius 1 is 1.31 bits per heavy atom. The monoisotopic (exact) mass is 226 g/mol. The highest BCUT2D eigenvalue weighted by Gasteiger charge is 2.31. The lowest BCUT2D eigenvalue weighted by molar-refractivity contribution is -0.133. The van der Waals surface area contributed by atoms with Crippen molar-refractivity contribution in [1.82, 2.24) is 10.6 Å². The van der Waals surface area contributed by atoms with Crippen LogP contribution >= 0.6 is 0 Å². The number of amides is 1. The van der Waals surface area contributed by atoms with Crippen LogP contribution in [0.25, 0.3) is 0 Å². The van der Waals surface area contributed by atoms with Crippen LogP contribution in [0.4, 0.5) is 0 Å². The van der Waals surface area contributed by atoms with Crippen molar-refractivity contribution >= 4 is 5.91 Å². The first-order valence-electron chi connectivity index (χ1n) is 6.33. The first-order chi connectivity index (χ1) is 7.66. The molecule has 2 saturated heterocycles. The fraction of sp³-hybridized carbons (Fsp3) is 0.917. The standard InChI is InChI=1S/C12H22N2O2/c1-8-7-13-6-5-10(8)14-12(15)11-4-3-9(2)16-11/h8-11,13H,3-7H2,1-2H3,(H,14,15). The molecule has 92 valence electrons. The van der Waals surface area contributed by atoms with E-state index in [0.29, 0.717) is 12.0 Å². The number of hydrogen-bond acceptors (Lipinski definition) is 3. The Kier molecular flexibility index (Phi) is 3.82. The van der Waals surface area contributed by atoms with Gasteiger partial charge in [-0.05, 0) is 45.2 Å². The second-order valence-corrected chi connectivity index (χ2v) is 5.10. The second-order valence-electron chi connectivity index (χ2n) is 5.10. The maximum Gasteiger partial charge on any atom is 0.249 e. The Bertz CT molecular complexity index is 257. The lowest BCUT2D eigenvalue weighted by Crippen LogP contribution is -2.50. The molecule has 2 aliphatic rings. The van der Waals surface area contributed by atoms with Crippen LogP contribution in [0, 0.1) is 5.92 Å². The largest absolute Gasteiger partial charge is 0.365 e. The van der Waals surface area contributed by atoms with Gasteiger partial charge < -0.3 is 15.4 Å². The zero-order valence-corrected chi connectivity index (χ0v) is 10.2. The summed E-state index contributed by atoms with van der Waals surface area (Å²) in [6.45, 7) is 6.19.